The lowest BCUT2D eigenvalue weighted by Gasteiger charge is -2.36. The van der Waals surface area contributed by atoms with Gasteiger partial charge in [0.25, 0.3) is 0 Å². The molecule has 0 bridgehead atoms. The van der Waals surface area contributed by atoms with Gasteiger partial charge in [0.1, 0.15) is 11.6 Å². The van der Waals surface area contributed by atoms with Gasteiger partial charge in [-0.3, -0.25) is 0 Å². The summed E-state index contributed by atoms with van der Waals surface area (Å²) in [6, 6.07) is 4.37. The molecule has 5 nitrogen and oxygen atoms in total. The van der Waals surface area contributed by atoms with E-state index in [4.69, 9.17) is 11.5 Å². The monoisotopic (exact) mass is 235 g/mol. The summed E-state index contributed by atoms with van der Waals surface area (Å²) in [6.07, 6.45) is 2.43. The number of piperidine rings is 1. The topological polar surface area (TPSA) is 71.4 Å². The molecule has 0 amide bonds. The number of hydrogen-bond donors (Lipinski definition) is 2. The van der Waals surface area contributed by atoms with Gasteiger partial charge in [0.05, 0.1) is 5.69 Å². The van der Waals surface area contributed by atoms with Gasteiger partial charge in [0, 0.05) is 19.1 Å². The van der Waals surface area contributed by atoms with Crippen LogP contribution in [0.2, 0.25) is 0 Å². The highest BCUT2D eigenvalue weighted by Gasteiger charge is 2.22. The number of nitrogens with two attached hydrogens (primary N) is 2. The molecule has 0 spiro atoms. The largest absolute Gasteiger partial charge is 0.396 e. The predicted octanol–water partition coefficient (Wildman–Crippen LogP) is 0.776. The number of anilines is 3. The summed E-state index contributed by atoms with van der Waals surface area (Å²) >= 11 is 0. The molecule has 1 saturated heterocycles. The molecule has 1 aliphatic heterocycles. The Hall–Kier alpha value is -1.49. The van der Waals surface area contributed by atoms with E-state index < -0.39 is 0 Å². The van der Waals surface area contributed by atoms with Crippen molar-refractivity contribution in [1.82, 2.24) is 9.88 Å². The third-order valence-corrected chi connectivity index (χ3v) is 3.39. The van der Waals surface area contributed by atoms with E-state index in [0.29, 0.717) is 17.5 Å². The second-order valence-electron chi connectivity index (χ2n) is 4.85. The van der Waals surface area contributed by atoms with Gasteiger partial charge in [-0.15, -0.1) is 0 Å². The summed E-state index contributed by atoms with van der Waals surface area (Å²) in [5.74, 6) is 1.36. The normalized spacial score (nSPS) is 20.9. The van der Waals surface area contributed by atoms with E-state index in [2.05, 4.69) is 28.9 Å². The SMILES string of the molecule is CN(C)C1CCCN(c2ccc(N)c(N)n2)C1. The van der Waals surface area contributed by atoms with Crippen LogP contribution in [0.25, 0.3) is 0 Å². The fourth-order valence-corrected chi connectivity index (χ4v) is 2.24. The maximum atomic E-state index is 5.75. The molecule has 1 atom stereocenters. The fraction of sp³-hybridized carbons (Fsp3) is 0.583. The first kappa shape index (κ1) is 12.0. The molecule has 2 heterocycles. The van der Waals surface area contributed by atoms with Crippen molar-refractivity contribution in [2.75, 3.05) is 43.6 Å². The Balaban J connectivity index is 2.13. The van der Waals surface area contributed by atoms with Crippen LogP contribution < -0.4 is 16.4 Å². The zero-order chi connectivity index (χ0) is 12.4. The highest BCUT2D eigenvalue weighted by Crippen LogP contribution is 2.22. The molecule has 5 heteroatoms. The summed E-state index contributed by atoms with van der Waals surface area (Å²) in [5.41, 5.74) is 12.0. The third kappa shape index (κ3) is 2.61. The van der Waals surface area contributed by atoms with Gasteiger partial charge in [-0.1, -0.05) is 0 Å². The number of likely N-dealkylation sites (N-methyl/N-ethyl adjacent to an activating group) is 1. The standard InChI is InChI=1S/C12H21N5/c1-16(2)9-4-3-7-17(8-9)11-6-5-10(13)12(14)15-11/h5-6,9H,3-4,7-8,13H2,1-2H3,(H2,14,15). The molecule has 0 aromatic carbocycles. The van der Waals surface area contributed by atoms with Crippen LogP contribution in [0.4, 0.5) is 17.3 Å². The van der Waals surface area contributed by atoms with Gasteiger partial charge in [-0.25, -0.2) is 4.98 Å². The van der Waals surface area contributed by atoms with E-state index in [1.165, 1.54) is 12.8 Å². The van der Waals surface area contributed by atoms with Gasteiger partial charge in [-0.2, -0.15) is 0 Å². The Morgan fingerprint density at radius 1 is 1.35 bits per heavy atom. The zero-order valence-corrected chi connectivity index (χ0v) is 10.6. The second-order valence-corrected chi connectivity index (χ2v) is 4.85. The number of nitrogens with zero attached hydrogens (tertiary/aromatic N) is 3. The molecule has 1 aliphatic rings. The molecule has 1 aromatic rings. The van der Waals surface area contributed by atoms with Crippen molar-refractivity contribution >= 4 is 17.3 Å². The highest BCUT2D eigenvalue weighted by atomic mass is 15.2. The number of pyridine rings is 1. The molecular weight excluding hydrogens is 214 g/mol. The summed E-state index contributed by atoms with van der Waals surface area (Å²) in [5, 5.41) is 0. The number of rotatable bonds is 2. The number of nitrogen functional groups attached to an aromatic ring is 2. The summed E-state index contributed by atoms with van der Waals surface area (Å²) < 4.78 is 0. The minimum absolute atomic E-state index is 0.425. The molecule has 0 aliphatic carbocycles. The van der Waals surface area contributed by atoms with Gasteiger partial charge in [0.2, 0.25) is 0 Å². The number of hydrogen-bond acceptors (Lipinski definition) is 5. The van der Waals surface area contributed by atoms with Crippen molar-refractivity contribution in [3.05, 3.63) is 12.1 Å². The average Bonchev–Trinajstić information content (AvgIpc) is 2.33. The Bertz CT molecular complexity index is 390. The van der Waals surface area contributed by atoms with Crippen molar-refractivity contribution in [3.63, 3.8) is 0 Å². The first-order chi connectivity index (χ1) is 8.08. The quantitative estimate of drug-likeness (QED) is 0.792. The van der Waals surface area contributed by atoms with Crippen LogP contribution in [0.1, 0.15) is 12.8 Å². The smallest absolute Gasteiger partial charge is 0.149 e. The van der Waals surface area contributed by atoms with E-state index in [9.17, 15) is 0 Å². The van der Waals surface area contributed by atoms with Crippen molar-refractivity contribution < 1.29 is 0 Å². The van der Waals surface area contributed by atoms with Crippen LogP contribution in [-0.2, 0) is 0 Å². The van der Waals surface area contributed by atoms with E-state index in [0.717, 1.165) is 18.9 Å². The molecule has 1 unspecified atom stereocenters. The van der Waals surface area contributed by atoms with E-state index >= 15 is 0 Å². The molecular formula is C12H21N5. The first-order valence-corrected chi connectivity index (χ1v) is 6.01. The lowest BCUT2D eigenvalue weighted by molar-refractivity contribution is 0.257. The highest BCUT2D eigenvalue weighted by molar-refractivity contribution is 5.62. The minimum atomic E-state index is 0.425. The molecule has 0 saturated carbocycles. The van der Waals surface area contributed by atoms with Crippen molar-refractivity contribution in [1.29, 1.82) is 0 Å². The van der Waals surface area contributed by atoms with Crippen LogP contribution >= 0.6 is 0 Å². The number of aromatic nitrogens is 1. The molecule has 17 heavy (non-hydrogen) atoms. The molecule has 1 aromatic heterocycles. The van der Waals surface area contributed by atoms with Crippen LogP contribution in [0.5, 0.6) is 0 Å². The zero-order valence-electron chi connectivity index (χ0n) is 10.6. The maximum absolute atomic E-state index is 5.75. The summed E-state index contributed by atoms with van der Waals surface area (Å²) in [6.45, 7) is 2.05. The van der Waals surface area contributed by atoms with Crippen LogP contribution in [0, 0.1) is 0 Å². The van der Waals surface area contributed by atoms with E-state index in [1.54, 1.807) is 0 Å². The predicted molar refractivity (Wildman–Crippen MR) is 72.0 cm³/mol. The van der Waals surface area contributed by atoms with E-state index in [-0.39, 0.29) is 0 Å². The van der Waals surface area contributed by atoms with Crippen molar-refractivity contribution in [3.8, 4) is 0 Å². The Labute approximate surface area is 102 Å². The Morgan fingerprint density at radius 3 is 2.76 bits per heavy atom. The lowest BCUT2D eigenvalue weighted by Crippen LogP contribution is -2.45. The van der Waals surface area contributed by atoms with Crippen molar-refractivity contribution in [2.45, 2.75) is 18.9 Å². The van der Waals surface area contributed by atoms with Gasteiger partial charge in [-0.05, 0) is 39.1 Å². The Morgan fingerprint density at radius 2 is 2.12 bits per heavy atom. The first-order valence-electron chi connectivity index (χ1n) is 6.01. The fourth-order valence-electron chi connectivity index (χ4n) is 2.24. The molecule has 1 fully saturated rings. The maximum Gasteiger partial charge on any atom is 0.149 e. The van der Waals surface area contributed by atoms with Crippen molar-refractivity contribution in [2.24, 2.45) is 0 Å². The molecule has 4 N–H and O–H groups in total. The van der Waals surface area contributed by atoms with Gasteiger partial charge >= 0.3 is 0 Å². The van der Waals surface area contributed by atoms with Crippen LogP contribution in [0.3, 0.4) is 0 Å². The van der Waals surface area contributed by atoms with E-state index in [1.807, 2.05) is 12.1 Å². The summed E-state index contributed by atoms with van der Waals surface area (Å²) in [7, 11) is 4.25. The molecule has 2 rings (SSSR count). The van der Waals surface area contributed by atoms with Gasteiger partial charge in [0.15, 0.2) is 0 Å². The third-order valence-electron chi connectivity index (χ3n) is 3.39. The minimum Gasteiger partial charge on any atom is -0.396 e. The molecule has 94 valence electrons. The second kappa shape index (κ2) is 4.79. The average molecular weight is 235 g/mol. The van der Waals surface area contributed by atoms with Crippen LogP contribution in [-0.4, -0.2) is 43.1 Å². The van der Waals surface area contributed by atoms with Gasteiger partial charge < -0.3 is 21.3 Å². The van der Waals surface area contributed by atoms with Crippen LogP contribution in [0.15, 0.2) is 12.1 Å². The Kier molecular flexibility index (Phi) is 3.38. The lowest BCUT2D eigenvalue weighted by atomic mass is 10.1. The molecule has 0 radical (unpaired) electrons. The summed E-state index contributed by atoms with van der Waals surface area (Å²) in [4.78, 5) is 8.90.